The molecule has 0 bridgehead atoms. The molecule has 3 aromatic rings. The van der Waals surface area contributed by atoms with Crippen LogP contribution in [0.3, 0.4) is 0 Å². The van der Waals surface area contributed by atoms with Gasteiger partial charge in [-0.15, -0.1) is 0 Å². The van der Waals surface area contributed by atoms with Crippen molar-refractivity contribution >= 4 is 0 Å². The summed E-state index contributed by atoms with van der Waals surface area (Å²) < 4.78 is 13.5. The molecule has 1 aromatic heterocycles. The van der Waals surface area contributed by atoms with Crippen LogP contribution in [0.5, 0.6) is 11.5 Å². The van der Waals surface area contributed by atoms with Crippen molar-refractivity contribution in [2.45, 2.75) is 32.5 Å². The molecule has 1 unspecified atom stereocenters. The smallest absolute Gasteiger partial charge is 0.122 e. The van der Waals surface area contributed by atoms with E-state index in [4.69, 9.17) is 9.47 Å². The number of nitrogens with zero attached hydrogens (tertiary/aromatic N) is 2. The topological polar surface area (TPSA) is 26.6 Å². The molecule has 0 fully saturated rings. The van der Waals surface area contributed by atoms with Gasteiger partial charge in [-0.1, -0.05) is 24.3 Å². The predicted molar refractivity (Wildman–Crippen MR) is 112 cm³/mol. The van der Waals surface area contributed by atoms with E-state index in [1.54, 1.807) is 14.2 Å². The zero-order chi connectivity index (χ0) is 19.5. The molecule has 28 heavy (non-hydrogen) atoms. The molecule has 1 aliphatic heterocycles. The third-order valence-corrected chi connectivity index (χ3v) is 5.68. The summed E-state index contributed by atoms with van der Waals surface area (Å²) in [5.41, 5.74) is 5.24. The molecule has 1 atom stereocenters. The Hall–Kier alpha value is -2.72. The van der Waals surface area contributed by atoms with Gasteiger partial charge in [0.05, 0.1) is 20.3 Å². The summed E-state index contributed by atoms with van der Waals surface area (Å²) in [6.07, 6.45) is 3.32. The normalized spacial score (nSPS) is 17.0. The van der Waals surface area contributed by atoms with Gasteiger partial charge in [0, 0.05) is 37.6 Å². The van der Waals surface area contributed by atoms with Crippen LogP contribution in [0.15, 0.2) is 60.8 Å². The number of rotatable bonds is 5. The van der Waals surface area contributed by atoms with Gasteiger partial charge >= 0.3 is 0 Å². The van der Waals surface area contributed by atoms with Crippen LogP contribution in [-0.4, -0.2) is 30.2 Å². The minimum atomic E-state index is 0.154. The van der Waals surface area contributed by atoms with Crippen molar-refractivity contribution < 1.29 is 9.47 Å². The molecule has 146 valence electrons. The molecule has 4 rings (SSSR count). The van der Waals surface area contributed by atoms with Gasteiger partial charge in [-0.2, -0.15) is 0 Å². The van der Waals surface area contributed by atoms with Crippen LogP contribution in [0.1, 0.15) is 34.8 Å². The Kier molecular flexibility index (Phi) is 5.40. The fourth-order valence-electron chi connectivity index (χ4n) is 4.18. The molecule has 0 saturated carbocycles. The van der Waals surface area contributed by atoms with Crippen LogP contribution in [0.4, 0.5) is 0 Å². The van der Waals surface area contributed by atoms with E-state index in [1.807, 2.05) is 6.07 Å². The van der Waals surface area contributed by atoms with E-state index in [1.165, 1.54) is 22.4 Å². The van der Waals surface area contributed by atoms with E-state index in [9.17, 15) is 0 Å². The Labute approximate surface area is 167 Å². The fraction of sp³-hybridized carbons (Fsp3) is 0.333. The van der Waals surface area contributed by atoms with E-state index in [2.05, 4.69) is 71.1 Å². The quantitative estimate of drug-likeness (QED) is 0.639. The predicted octanol–water partition coefficient (Wildman–Crippen LogP) is 4.81. The second-order valence-electron chi connectivity index (χ2n) is 7.43. The molecule has 2 heterocycles. The van der Waals surface area contributed by atoms with Gasteiger partial charge in [-0.25, -0.2) is 0 Å². The van der Waals surface area contributed by atoms with Crippen molar-refractivity contribution in [2.24, 2.45) is 0 Å². The van der Waals surface area contributed by atoms with Crippen LogP contribution in [0.2, 0.25) is 0 Å². The van der Waals surface area contributed by atoms with Gasteiger partial charge in [-0.3, -0.25) is 4.90 Å². The van der Waals surface area contributed by atoms with Gasteiger partial charge in [0.1, 0.15) is 11.5 Å². The molecule has 2 aromatic carbocycles. The van der Waals surface area contributed by atoms with Crippen LogP contribution >= 0.6 is 0 Å². The van der Waals surface area contributed by atoms with E-state index in [0.29, 0.717) is 0 Å². The van der Waals surface area contributed by atoms with Crippen LogP contribution in [-0.2, 0) is 13.1 Å². The lowest BCUT2D eigenvalue weighted by molar-refractivity contribution is 0.219. The molecule has 0 radical (unpaired) electrons. The lowest BCUT2D eigenvalue weighted by Gasteiger charge is -2.31. The number of hydrogen-bond acceptors (Lipinski definition) is 3. The van der Waals surface area contributed by atoms with Crippen LogP contribution < -0.4 is 9.47 Å². The van der Waals surface area contributed by atoms with E-state index < -0.39 is 0 Å². The molecule has 0 aliphatic carbocycles. The maximum atomic E-state index is 5.56. The summed E-state index contributed by atoms with van der Waals surface area (Å²) in [6, 6.07) is 19.4. The zero-order valence-electron chi connectivity index (χ0n) is 16.9. The summed E-state index contributed by atoms with van der Waals surface area (Å²) in [6.45, 7) is 5.20. The molecule has 0 N–H and O–H groups in total. The minimum Gasteiger partial charge on any atom is -0.497 e. The van der Waals surface area contributed by atoms with Crippen molar-refractivity contribution in [1.82, 2.24) is 9.47 Å². The number of hydrogen-bond donors (Lipinski definition) is 0. The molecule has 0 spiro atoms. The van der Waals surface area contributed by atoms with Crippen molar-refractivity contribution in [3.05, 3.63) is 83.2 Å². The minimum absolute atomic E-state index is 0.154. The maximum absolute atomic E-state index is 5.56. The van der Waals surface area contributed by atoms with Crippen molar-refractivity contribution in [2.75, 3.05) is 20.8 Å². The first-order chi connectivity index (χ1) is 13.7. The number of aryl methyl sites for hydroxylation is 2. The van der Waals surface area contributed by atoms with Crippen molar-refractivity contribution in [3.8, 4) is 11.5 Å². The first-order valence-corrected chi connectivity index (χ1v) is 9.86. The number of ether oxygens (including phenoxy) is 2. The second-order valence-corrected chi connectivity index (χ2v) is 7.43. The van der Waals surface area contributed by atoms with Crippen molar-refractivity contribution in [3.63, 3.8) is 0 Å². The van der Waals surface area contributed by atoms with Crippen LogP contribution in [0.25, 0.3) is 0 Å². The average Bonchev–Trinajstić information content (AvgIpc) is 3.10. The molecular weight excluding hydrogens is 348 g/mol. The zero-order valence-corrected chi connectivity index (χ0v) is 16.9. The standard InChI is InChI=1S/C24H28N2O2/c1-18-8-4-5-9-19(18)17-26-13-7-12-25-11-6-10-23(25)24(26)20-14-21(27-2)16-22(15-20)28-3/h4-6,8-11,14-16,24H,7,12-13,17H2,1-3H3. The first kappa shape index (κ1) is 18.6. The number of benzene rings is 2. The summed E-state index contributed by atoms with van der Waals surface area (Å²) in [5, 5.41) is 0. The molecule has 4 nitrogen and oxygen atoms in total. The Morgan fingerprint density at radius 3 is 2.39 bits per heavy atom. The van der Waals surface area contributed by atoms with E-state index in [0.717, 1.165) is 37.6 Å². The van der Waals surface area contributed by atoms with E-state index in [-0.39, 0.29) is 6.04 Å². The Balaban J connectivity index is 1.80. The Morgan fingerprint density at radius 2 is 1.68 bits per heavy atom. The van der Waals surface area contributed by atoms with Crippen LogP contribution in [0, 0.1) is 6.92 Å². The highest BCUT2D eigenvalue weighted by atomic mass is 16.5. The highest BCUT2D eigenvalue weighted by Gasteiger charge is 2.28. The Bertz CT molecular complexity index is 925. The SMILES string of the molecule is COc1cc(OC)cc(C2c3cccn3CCCN2Cc2ccccc2C)c1. The number of methoxy groups -OCH3 is 2. The maximum Gasteiger partial charge on any atom is 0.122 e. The van der Waals surface area contributed by atoms with Gasteiger partial charge in [0.15, 0.2) is 0 Å². The molecule has 1 aliphatic rings. The van der Waals surface area contributed by atoms with Gasteiger partial charge < -0.3 is 14.0 Å². The molecular formula is C24H28N2O2. The number of aromatic nitrogens is 1. The third kappa shape index (κ3) is 3.65. The molecule has 0 saturated heterocycles. The lowest BCUT2D eigenvalue weighted by atomic mass is 9.99. The highest BCUT2D eigenvalue weighted by Crippen LogP contribution is 2.36. The molecule has 0 amide bonds. The summed E-state index contributed by atoms with van der Waals surface area (Å²) in [4.78, 5) is 2.58. The molecule has 4 heteroatoms. The second kappa shape index (κ2) is 8.11. The average molecular weight is 377 g/mol. The highest BCUT2D eigenvalue weighted by molar-refractivity contribution is 5.43. The third-order valence-electron chi connectivity index (χ3n) is 5.68. The lowest BCUT2D eigenvalue weighted by Crippen LogP contribution is -2.29. The van der Waals surface area contributed by atoms with Gasteiger partial charge in [0.25, 0.3) is 0 Å². The number of fused-ring (bicyclic) bond motifs is 1. The Morgan fingerprint density at radius 1 is 0.929 bits per heavy atom. The van der Waals surface area contributed by atoms with E-state index >= 15 is 0 Å². The van der Waals surface area contributed by atoms with Gasteiger partial charge in [0.2, 0.25) is 0 Å². The van der Waals surface area contributed by atoms with Crippen molar-refractivity contribution in [1.29, 1.82) is 0 Å². The van der Waals surface area contributed by atoms with Gasteiger partial charge in [-0.05, 0) is 54.3 Å². The summed E-state index contributed by atoms with van der Waals surface area (Å²) in [7, 11) is 3.42. The summed E-state index contributed by atoms with van der Waals surface area (Å²) >= 11 is 0. The first-order valence-electron chi connectivity index (χ1n) is 9.86. The monoisotopic (exact) mass is 376 g/mol. The largest absolute Gasteiger partial charge is 0.497 e. The fourth-order valence-corrected chi connectivity index (χ4v) is 4.18. The summed E-state index contributed by atoms with van der Waals surface area (Å²) in [5.74, 6) is 1.65.